The molecular formula is C19H34O8. The maximum Gasteiger partial charge on any atom is 0.186 e. The first kappa shape index (κ1) is 22.7. The van der Waals surface area contributed by atoms with Crippen molar-refractivity contribution >= 4 is 0 Å². The molecule has 27 heavy (non-hydrogen) atoms. The van der Waals surface area contributed by atoms with E-state index >= 15 is 0 Å². The number of aliphatic hydroxyl groups is 6. The average Bonchev–Trinajstić information content (AvgIpc) is 2.60. The molecule has 1 aliphatic heterocycles. The van der Waals surface area contributed by atoms with E-state index in [1.54, 1.807) is 6.08 Å². The molecule has 1 aliphatic carbocycles. The van der Waals surface area contributed by atoms with Crippen molar-refractivity contribution in [2.24, 2.45) is 17.3 Å². The van der Waals surface area contributed by atoms with Crippen LogP contribution in [0, 0.1) is 17.3 Å². The summed E-state index contributed by atoms with van der Waals surface area (Å²) in [5, 5.41) is 57.8. The molecule has 0 radical (unpaired) electrons. The summed E-state index contributed by atoms with van der Waals surface area (Å²) < 4.78 is 11.4. The number of hydrogen-bond acceptors (Lipinski definition) is 8. The highest BCUT2D eigenvalue weighted by atomic mass is 16.7. The van der Waals surface area contributed by atoms with Gasteiger partial charge in [-0.25, -0.2) is 0 Å². The molecule has 6 N–H and O–H groups in total. The number of aliphatic hydroxyl groups excluding tert-OH is 6. The van der Waals surface area contributed by atoms with E-state index in [-0.39, 0.29) is 30.0 Å². The van der Waals surface area contributed by atoms with Gasteiger partial charge in [0.25, 0.3) is 0 Å². The predicted octanol–water partition coefficient (Wildman–Crippen LogP) is -0.847. The van der Waals surface area contributed by atoms with Gasteiger partial charge in [0, 0.05) is 0 Å². The Kier molecular flexibility index (Phi) is 7.80. The van der Waals surface area contributed by atoms with Gasteiger partial charge in [-0.2, -0.15) is 0 Å². The smallest absolute Gasteiger partial charge is 0.186 e. The topological polar surface area (TPSA) is 140 Å². The van der Waals surface area contributed by atoms with Gasteiger partial charge in [-0.05, 0) is 30.1 Å². The monoisotopic (exact) mass is 390 g/mol. The lowest BCUT2D eigenvalue weighted by Crippen LogP contribution is -2.60. The van der Waals surface area contributed by atoms with Gasteiger partial charge in [0.2, 0.25) is 0 Å². The molecule has 1 heterocycles. The van der Waals surface area contributed by atoms with Gasteiger partial charge in [0.15, 0.2) is 6.29 Å². The zero-order valence-corrected chi connectivity index (χ0v) is 16.2. The van der Waals surface area contributed by atoms with Gasteiger partial charge in [0.05, 0.1) is 25.4 Å². The van der Waals surface area contributed by atoms with Crippen molar-refractivity contribution in [3.63, 3.8) is 0 Å². The van der Waals surface area contributed by atoms with E-state index in [9.17, 15) is 25.5 Å². The third-order valence-electron chi connectivity index (χ3n) is 5.81. The summed E-state index contributed by atoms with van der Waals surface area (Å²) in [7, 11) is 0. The van der Waals surface area contributed by atoms with Crippen LogP contribution in [0.4, 0.5) is 0 Å². The molecule has 8 heteroatoms. The van der Waals surface area contributed by atoms with Crippen LogP contribution in [0.3, 0.4) is 0 Å². The highest BCUT2D eigenvalue weighted by molar-refractivity contribution is 5.04. The quantitative estimate of drug-likeness (QED) is 0.323. The Bertz CT molecular complexity index is 494. The summed E-state index contributed by atoms with van der Waals surface area (Å²) in [6.07, 6.45) is -2.59. The Labute approximate surface area is 160 Å². The maximum atomic E-state index is 10.2. The number of ether oxygens (including phenoxy) is 2. The van der Waals surface area contributed by atoms with E-state index in [2.05, 4.69) is 20.8 Å². The Hall–Kier alpha value is -0.580. The van der Waals surface area contributed by atoms with Crippen LogP contribution in [0.1, 0.15) is 33.6 Å². The molecule has 2 aliphatic rings. The molecule has 8 nitrogen and oxygen atoms in total. The molecule has 0 aromatic carbocycles. The van der Waals surface area contributed by atoms with Crippen LogP contribution in [-0.4, -0.2) is 86.8 Å². The van der Waals surface area contributed by atoms with Gasteiger partial charge in [-0.1, -0.05) is 32.9 Å². The molecule has 1 saturated carbocycles. The zero-order valence-electron chi connectivity index (χ0n) is 16.2. The number of allylic oxidation sites excluding steroid dienone is 1. The number of hydrogen-bond donors (Lipinski definition) is 6. The van der Waals surface area contributed by atoms with Crippen LogP contribution in [0.2, 0.25) is 0 Å². The number of rotatable bonds is 6. The summed E-state index contributed by atoms with van der Waals surface area (Å²) in [6.45, 7) is 5.45. The van der Waals surface area contributed by atoms with Gasteiger partial charge in [-0.15, -0.1) is 0 Å². The zero-order chi connectivity index (χ0) is 20.4. The standard InChI is InChI=1S/C19H34O8/c1-10-6-12(7-19(2,3)13(10)5-4-11(22)8-20)26-18-17(25)16(24)15(23)14(9-21)27-18/h4-5,10-18,20-25H,6-9H2,1-3H3/t10-,11-,12+,13+,14-,15-,16+,17-,18-/m1/s1. The van der Waals surface area contributed by atoms with E-state index in [1.165, 1.54) is 0 Å². The average molecular weight is 390 g/mol. The van der Waals surface area contributed by atoms with E-state index < -0.39 is 43.4 Å². The van der Waals surface area contributed by atoms with Crippen molar-refractivity contribution < 1.29 is 40.1 Å². The highest BCUT2D eigenvalue weighted by Gasteiger charge is 2.47. The van der Waals surface area contributed by atoms with E-state index in [4.69, 9.17) is 14.6 Å². The molecule has 0 spiro atoms. The fourth-order valence-corrected chi connectivity index (χ4v) is 4.37. The fraction of sp³-hybridized carbons (Fsp3) is 0.895. The molecule has 0 aromatic heterocycles. The first-order valence-corrected chi connectivity index (χ1v) is 9.54. The minimum atomic E-state index is -1.45. The Morgan fingerprint density at radius 2 is 1.81 bits per heavy atom. The Balaban J connectivity index is 2.04. The fourth-order valence-electron chi connectivity index (χ4n) is 4.37. The third-order valence-corrected chi connectivity index (χ3v) is 5.81. The van der Waals surface area contributed by atoms with Gasteiger partial charge in [-0.3, -0.25) is 0 Å². The summed E-state index contributed by atoms with van der Waals surface area (Å²) in [4.78, 5) is 0. The predicted molar refractivity (Wildman–Crippen MR) is 96.5 cm³/mol. The molecular weight excluding hydrogens is 356 g/mol. The van der Waals surface area contributed by atoms with Crippen LogP contribution in [0.15, 0.2) is 12.2 Å². The SMILES string of the molecule is C[C@@H]1C[C@H](O[C@@H]2O[C@H](CO)[C@@H](O)[C@H](O)[C@H]2O)CC(C)(C)[C@H]1C=C[C@@H](O)CO. The van der Waals surface area contributed by atoms with Crippen molar-refractivity contribution in [2.45, 2.75) is 76.5 Å². The van der Waals surface area contributed by atoms with Crippen LogP contribution >= 0.6 is 0 Å². The highest BCUT2D eigenvalue weighted by Crippen LogP contribution is 2.46. The van der Waals surface area contributed by atoms with Crippen molar-refractivity contribution in [1.29, 1.82) is 0 Å². The summed E-state index contributed by atoms with van der Waals surface area (Å²) >= 11 is 0. The second kappa shape index (κ2) is 9.28. The van der Waals surface area contributed by atoms with Crippen molar-refractivity contribution in [3.8, 4) is 0 Å². The van der Waals surface area contributed by atoms with Crippen molar-refractivity contribution in [1.82, 2.24) is 0 Å². The molecule has 2 fully saturated rings. The summed E-state index contributed by atoms with van der Waals surface area (Å²) in [5.41, 5.74) is -0.165. The van der Waals surface area contributed by atoms with Gasteiger partial charge >= 0.3 is 0 Å². The molecule has 0 bridgehead atoms. The van der Waals surface area contributed by atoms with E-state index in [0.717, 1.165) is 0 Å². The third kappa shape index (κ3) is 5.27. The lowest BCUT2D eigenvalue weighted by atomic mass is 9.63. The minimum Gasteiger partial charge on any atom is -0.394 e. The first-order chi connectivity index (χ1) is 12.6. The molecule has 2 rings (SSSR count). The van der Waals surface area contributed by atoms with Crippen LogP contribution < -0.4 is 0 Å². The molecule has 0 aromatic rings. The van der Waals surface area contributed by atoms with Crippen molar-refractivity contribution in [3.05, 3.63) is 12.2 Å². The molecule has 158 valence electrons. The van der Waals surface area contributed by atoms with Crippen LogP contribution in [-0.2, 0) is 9.47 Å². The molecule has 0 unspecified atom stereocenters. The van der Waals surface area contributed by atoms with Crippen molar-refractivity contribution in [2.75, 3.05) is 13.2 Å². The molecule has 1 saturated heterocycles. The Morgan fingerprint density at radius 3 is 2.37 bits per heavy atom. The maximum absolute atomic E-state index is 10.2. The molecule has 0 amide bonds. The molecule has 9 atom stereocenters. The van der Waals surface area contributed by atoms with Crippen LogP contribution in [0.5, 0.6) is 0 Å². The lowest BCUT2D eigenvalue weighted by molar-refractivity contribution is -0.316. The minimum absolute atomic E-state index is 0.165. The largest absolute Gasteiger partial charge is 0.394 e. The van der Waals surface area contributed by atoms with E-state index in [1.807, 2.05) is 6.08 Å². The van der Waals surface area contributed by atoms with Crippen LogP contribution in [0.25, 0.3) is 0 Å². The second-order valence-electron chi connectivity index (χ2n) is 8.52. The second-order valence-corrected chi connectivity index (χ2v) is 8.52. The lowest BCUT2D eigenvalue weighted by Gasteiger charge is -2.47. The Morgan fingerprint density at radius 1 is 1.15 bits per heavy atom. The van der Waals surface area contributed by atoms with E-state index in [0.29, 0.717) is 12.8 Å². The van der Waals surface area contributed by atoms with Gasteiger partial charge in [0.1, 0.15) is 24.4 Å². The first-order valence-electron chi connectivity index (χ1n) is 9.54. The normalized spacial score (nSPS) is 43.7. The summed E-state index contributed by atoms with van der Waals surface area (Å²) in [5.74, 6) is 0.388. The summed E-state index contributed by atoms with van der Waals surface area (Å²) in [6, 6.07) is 0. The van der Waals surface area contributed by atoms with Gasteiger partial charge < -0.3 is 40.1 Å².